The maximum atomic E-state index is 12.7. The van der Waals surface area contributed by atoms with Crippen molar-refractivity contribution in [3.05, 3.63) is 46.4 Å². The third-order valence-corrected chi connectivity index (χ3v) is 4.76. The Morgan fingerprint density at radius 2 is 1.83 bits per heavy atom. The number of nitrogens with one attached hydrogen (secondary N) is 1. The predicted octanol–water partition coefficient (Wildman–Crippen LogP) is 3.92. The zero-order valence-electron chi connectivity index (χ0n) is 13.4. The van der Waals surface area contributed by atoms with Crippen molar-refractivity contribution in [2.45, 2.75) is 26.3 Å². The summed E-state index contributed by atoms with van der Waals surface area (Å²) >= 11 is 3.49. The Balaban J connectivity index is 2.37. The highest BCUT2D eigenvalue weighted by atomic mass is 79.9. The standard InChI is InChI=1S/C18H20BrNO3/c1-4-11(2)16(18(22)23-3)20-17(21)14-9-10-15(19)13-8-6-5-7-12(13)14/h5-11,16H,4H2,1-3H3,(H,20,21). The Morgan fingerprint density at radius 3 is 2.43 bits per heavy atom. The van der Waals surface area contributed by atoms with Crippen molar-refractivity contribution in [2.75, 3.05) is 7.11 Å². The fourth-order valence-corrected chi connectivity index (χ4v) is 2.95. The molecule has 4 nitrogen and oxygen atoms in total. The quantitative estimate of drug-likeness (QED) is 0.803. The van der Waals surface area contributed by atoms with E-state index in [0.717, 1.165) is 21.7 Å². The number of benzene rings is 2. The van der Waals surface area contributed by atoms with Crippen molar-refractivity contribution < 1.29 is 14.3 Å². The van der Waals surface area contributed by atoms with Gasteiger partial charge in [0.2, 0.25) is 0 Å². The molecule has 0 radical (unpaired) electrons. The first-order valence-electron chi connectivity index (χ1n) is 7.55. The summed E-state index contributed by atoms with van der Waals surface area (Å²) in [6.45, 7) is 3.89. The SMILES string of the molecule is CCC(C)C(NC(=O)c1ccc(Br)c2ccccc12)C(=O)OC. The van der Waals surface area contributed by atoms with E-state index in [9.17, 15) is 9.59 Å². The molecular weight excluding hydrogens is 358 g/mol. The minimum Gasteiger partial charge on any atom is -0.467 e. The van der Waals surface area contributed by atoms with Gasteiger partial charge in [-0.2, -0.15) is 0 Å². The molecule has 5 heteroatoms. The first-order chi connectivity index (χ1) is 11.0. The van der Waals surface area contributed by atoms with Crippen molar-refractivity contribution in [1.82, 2.24) is 5.32 Å². The van der Waals surface area contributed by atoms with Crippen LogP contribution >= 0.6 is 15.9 Å². The summed E-state index contributed by atoms with van der Waals surface area (Å²) in [6, 6.07) is 10.6. The second-order valence-corrected chi connectivity index (χ2v) is 6.35. The number of fused-ring (bicyclic) bond motifs is 1. The van der Waals surface area contributed by atoms with E-state index in [0.29, 0.717) is 5.56 Å². The van der Waals surface area contributed by atoms with Gasteiger partial charge in [-0.15, -0.1) is 0 Å². The van der Waals surface area contributed by atoms with Crippen LogP contribution in [0.15, 0.2) is 40.9 Å². The summed E-state index contributed by atoms with van der Waals surface area (Å²) in [6.07, 6.45) is 0.765. The van der Waals surface area contributed by atoms with Gasteiger partial charge in [-0.3, -0.25) is 4.79 Å². The van der Waals surface area contributed by atoms with Crippen LogP contribution in [0, 0.1) is 5.92 Å². The van der Waals surface area contributed by atoms with Gasteiger partial charge >= 0.3 is 5.97 Å². The number of hydrogen-bond acceptors (Lipinski definition) is 3. The van der Waals surface area contributed by atoms with Crippen molar-refractivity contribution >= 4 is 38.6 Å². The summed E-state index contributed by atoms with van der Waals surface area (Å²) < 4.78 is 5.74. The zero-order valence-corrected chi connectivity index (χ0v) is 15.0. The molecule has 2 atom stereocenters. The molecule has 0 aromatic heterocycles. The van der Waals surface area contributed by atoms with E-state index in [4.69, 9.17) is 4.74 Å². The van der Waals surface area contributed by atoms with E-state index in [1.54, 1.807) is 6.07 Å². The lowest BCUT2D eigenvalue weighted by atomic mass is 9.98. The monoisotopic (exact) mass is 377 g/mol. The Kier molecular flexibility index (Phi) is 5.77. The maximum Gasteiger partial charge on any atom is 0.328 e. The molecule has 0 spiro atoms. The summed E-state index contributed by atoms with van der Waals surface area (Å²) in [5.74, 6) is -0.702. The summed E-state index contributed by atoms with van der Waals surface area (Å²) in [5.41, 5.74) is 0.543. The predicted molar refractivity (Wildman–Crippen MR) is 94.4 cm³/mol. The zero-order chi connectivity index (χ0) is 17.0. The van der Waals surface area contributed by atoms with Gasteiger partial charge < -0.3 is 10.1 Å². The minimum absolute atomic E-state index is 0.00638. The van der Waals surface area contributed by atoms with Crippen LogP contribution in [0.3, 0.4) is 0 Å². The van der Waals surface area contributed by atoms with Crippen LogP contribution in [0.5, 0.6) is 0 Å². The fourth-order valence-electron chi connectivity index (χ4n) is 2.48. The highest BCUT2D eigenvalue weighted by Crippen LogP contribution is 2.27. The van der Waals surface area contributed by atoms with E-state index in [1.807, 2.05) is 44.2 Å². The van der Waals surface area contributed by atoms with Crippen LogP contribution < -0.4 is 5.32 Å². The molecule has 23 heavy (non-hydrogen) atoms. The van der Waals surface area contributed by atoms with Gasteiger partial charge in [0.25, 0.3) is 5.91 Å². The van der Waals surface area contributed by atoms with E-state index in [-0.39, 0.29) is 11.8 Å². The molecule has 122 valence electrons. The second kappa shape index (κ2) is 7.59. The average molecular weight is 378 g/mol. The van der Waals surface area contributed by atoms with Gasteiger partial charge in [-0.05, 0) is 28.8 Å². The Labute approximate surface area is 144 Å². The normalized spacial score (nSPS) is 13.4. The van der Waals surface area contributed by atoms with Gasteiger partial charge in [0.1, 0.15) is 6.04 Å². The number of carbonyl (C=O) groups excluding carboxylic acids is 2. The number of methoxy groups -OCH3 is 1. The molecule has 0 heterocycles. The lowest BCUT2D eigenvalue weighted by molar-refractivity contribution is -0.144. The number of hydrogen-bond donors (Lipinski definition) is 1. The summed E-state index contributed by atoms with van der Waals surface area (Å²) in [4.78, 5) is 24.6. The van der Waals surface area contributed by atoms with Crippen LogP contribution in [0.1, 0.15) is 30.6 Å². The Bertz CT molecular complexity index is 729. The lowest BCUT2D eigenvalue weighted by Gasteiger charge is -2.22. The number of carbonyl (C=O) groups is 2. The maximum absolute atomic E-state index is 12.7. The topological polar surface area (TPSA) is 55.4 Å². The van der Waals surface area contributed by atoms with Crippen LogP contribution in [-0.4, -0.2) is 25.0 Å². The second-order valence-electron chi connectivity index (χ2n) is 5.50. The molecule has 0 saturated carbocycles. The van der Waals surface area contributed by atoms with Crippen molar-refractivity contribution in [3.8, 4) is 0 Å². The van der Waals surface area contributed by atoms with E-state index in [1.165, 1.54) is 7.11 Å². The van der Waals surface area contributed by atoms with Crippen LogP contribution in [0.25, 0.3) is 10.8 Å². The largest absolute Gasteiger partial charge is 0.467 e. The van der Waals surface area contributed by atoms with Gasteiger partial charge in [0.05, 0.1) is 7.11 Å². The molecule has 0 aliphatic rings. The highest BCUT2D eigenvalue weighted by Gasteiger charge is 2.27. The summed E-state index contributed by atoms with van der Waals surface area (Å²) in [5, 5.41) is 4.61. The minimum atomic E-state index is -0.653. The average Bonchev–Trinajstić information content (AvgIpc) is 2.58. The Hall–Kier alpha value is -1.88. The molecule has 0 aliphatic carbocycles. The molecule has 2 unspecified atom stereocenters. The van der Waals surface area contributed by atoms with Gasteiger partial charge in [0.15, 0.2) is 0 Å². The van der Waals surface area contributed by atoms with Crippen molar-refractivity contribution in [2.24, 2.45) is 5.92 Å². The van der Waals surface area contributed by atoms with Gasteiger partial charge in [0, 0.05) is 10.0 Å². The molecular formula is C18H20BrNO3. The molecule has 2 rings (SSSR count). The lowest BCUT2D eigenvalue weighted by Crippen LogP contribution is -2.45. The van der Waals surface area contributed by atoms with E-state index >= 15 is 0 Å². The first kappa shape index (κ1) is 17.5. The number of amides is 1. The van der Waals surface area contributed by atoms with Gasteiger partial charge in [-0.1, -0.05) is 60.5 Å². The van der Waals surface area contributed by atoms with Gasteiger partial charge in [-0.25, -0.2) is 4.79 Å². The number of rotatable bonds is 5. The fraction of sp³-hybridized carbons (Fsp3) is 0.333. The number of esters is 1. The van der Waals surface area contributed by atoms with Crippen LogP contribution in [0.4, 0.5) is 0 Å². The van der Waals surface area contributed by atoms with E-state index < -0.39 is 12.0 Å². The molecule has 0 saturated heterocycles. The number of halogens is 1. The third-order valence-electron chi connectivity index (χ3n) is 4.07. The smallest absolute Gasteiger partial charge is 0.328 e. The Morgan fingerprint density at radius 1 is 1.17 bits per heavy atom. The molecule has 1 amide bonds. The molecule has 1 N–H and O–H groups in total. The third kappa shape index (κ3) is 3.72. The first-order valence-corrected chi connectivity index (χ1v) is 8.34. The molecule has 0 fully saturated rings. The van der Waals surface area contributed by atoms with Crippen molar-refractivity contribution in [3.63, 3.8) is 0 Å². The highest BCUT2D eigenvalue weighted by molar-refractivity contribution is 9.10. The van der Waals surface area contributed by atoms with Crippen molar-refractivity contribution in [1.29, 1.82) is 0 Å². The molecule has 2 aromatic carbocycles. The van der Waals surface area contributed by atoms with Crippen LogP contribution in [0.2, 0.25) is 0 Å². The van der Waals surface area contributed by atoms with E-state index in [2.05, 4.69) is 21.2 Å². The van der Waals surface area contributed by atoms with Crippen LogP contribution in [-0.2, 0) is 9.53 Å². The number of ether oxygens (including phenoxy) is 1. The molecule has 0 aliphatic heterocycles. The molecule has 2 aromatic rings. The summed E-state index contributed by atoms with van der Waals surface area (Å²) in [7, 11) is 1.33. The molecule has 0 bridgehead atoms.